The van der Waals surface area contributed by atoms with Crippen LogP contribution in [-0.2, 0) is 0 Å². The smallest absolute Gasteiger partial charge is 0.357 e. The Morgan fingerprint density at radius 2 is 2.19 bits per heavy atom. The number of pyridine rings is 1. The van der Waals surface area contributed by atoms with E-state index in [1.165, 1.54) is 6.20 Å². The highest BCUT2D eigenvalue weighted by Crippen LogP contribution is 2.32. The van der Waals surface area contributed by atoms with E-state index in [0.717, 1.165) is 0 Å². The fourth-order valence-electron chi connectivity index (χ4n) is 1.26. The van der Waals surface area contributed by atoms with Gasteiger partial charge in [-0.2, -0.15) is 5.10 Å². The van der Waals surface area contributed by atoms with Gasteiger partial charge in [0.25, 0.3) is 0 Å². The molecule has 2 N–H and O–H groups in total. The highest BCUT2D eigenvalue weighted by atomic mass is 35.5. The lowest BCUT2D eigenvalue weighted by Gasteiger charge is -2.01. The van der Waals surface area contributed by atoms with Gasteiger partial charge in [-0.1, -0.05) is 23.2 Å². The van der Waals surface area contributed by atoms with Crippen molar-refractivity contribution in [2.45, 2.75) is 0 Å². The molecular formula is C9H5Cl2N3O2. The zero-order valence-electron chi connectivity index (χ0n) is 7.74. The van der Waals surface area contributed by atoms with E-state index in [4.69, 9.17) is 28.3 Å². The maximum absolute atomic E-state index is 10.9. The third kappa shape index (κ3) is 1.75. The van der Waals surface area contributed by atoms with Crippen molar-refractivity contribution in [2.24, 2.45) is 0 Å². The lowest BCUT2D eigenvalue weighted by molar-refractivity contribution is 0.0691. The van der Waals surface area contributed by atoms with Crippen LogP contribution in [-0.4, -0.2) is 26.3 Å². The summed E-state index contributed by atoms with van der Waals surface area (Å²) in [4.78, 5) is 14.9. The third-order valence-corrected chi connectivity index (χ3v) is 2.50. The Morgan fingerprint density at radius 3 is 2.81 bits per heavy atom. The van der Waals surface area contributed by atoms with Gasteiger partial charge in [0.1, 0.15) is 5.15 Å². The number of H-pyrrole nitrogens is 1. The van der Waals surface area contributed by atoms with Gasteiger partial charge in [0.05, 0.1) is 16.3 Å². The first-order valence-electron chi connectivity index (χ1n) is 4.19. The second-order valence-electron chi connectivity index (χ2n) is 2.90. The lowest BCUT2D eigenvalue weighted by atomic mass is 10.1. The number of hydrogen-bond acceptors (Lipinski definition) is 3. The van der Waals surface area contributed by atoms with Crippen LogP contribution in [0.1, 0.15) is 10.5 Å². The van der Waals surface area contributed by atoms with Gasteiger partial charge in [-0.25, -0.2) is 4.79 Å². The summed E-state index contributed by atoms with van der Waals surface area (Å²) in [6.07, 6.45) is 1.50. The SMILES string of the molecule is O=C(O)c1n[nH]c(Cl)c1-c1ncccc1Cl. The molecule has 0 aromatic carbocycles. The Kier molecular flexibility index (Phi) is 2.80. The first-order valence-corrected chi connectivity index (χ1v) is 4.95. The number of carbonyl (C=O) groups is 1. The molecule has 2 rings (SSSR count). The molecule has 7 heteroatoms. The van der Waals surface area contributed by atoms with E-state index in [1.54, 1.807) is 12.1 Å². The minimum atomic E-state index is -1.19. The molecule has 0 aliphatic heterocycles. The number of carboxylic acids is 1. The number of nitrogens with one attached hydrogen (secondary N) is 1. The van der Waals surface area contributed by atoms with E-state index in [0.29, 0.717) is 10.7 Å². The summed E-state index contributed by atoms with van der Waals surface area (Å²) < 4.78 is 0. The molecule has 0 aliphatic rings. The zero-order valence-corrected chi connectivity index (χ0v) is 9.25. The summed E-state index contributed by atoms with van der Waals surface area (Å²) in [6.45, 7) is 0. The van der Waals surface area contributed by atoms with E-state index < -0.39 is 5.97 Å². The molecule has 0 amide bonds. The Labute approximate surface area is 100 Å². The minimum absolute atomic E-state index is 0.0954. The van der Waals surface area contributed by atoms with Crippen LogP contribution in [0.2, 0.25) is 10.2 Å². The van der Waals surface area contributed by atoms with Crippen molar-refractivity contribution in [3.8, 4) is 11.3 Å². The van der Waals surface area contributed by atoms with Crippen molar-refractivity contribution >= 4 is 29.2 Å². The van der Waals surface area contributed by atoms with Crippen molar-refractivity contribution < 1.29 is 9.90 Å². The summed E-state index contributed by atoms with van der Waals surface area (Å²) in [7, 11) is 0. The number of hydrogen-bond donors (Lipinski definition) is 2. The van der Waals surface area contributed by atoms with Gasteiger partial charge < -0.3 is 5.11 Å². The van der Waals surface area contributed by atoms with Crippen LogP contribution in [0.25, 0.3) is 11.3 Å². The number of halogens is 2. The van der Waals surface area contributed by atoms with Gasteiger partial charge in [-0.05, 0) is 12.1 Å². The summed E-state index contributed by atoms with van der Waals surface area (Å²) in [6, 6.07) is 3.24. The first kappa shape index (κ1) is 10.9. The Bertz CT molecular complexity index is 553. The predicted molar refractivity (Wildman–Crippen MR) is 58.8 cm³/mol. The molecule has 0 saturated carbocycles. The average molecular weight is 258 g/mol. The second kappa shape index (κ2) is 4.11. The first-order chi connectivity index (χ1) is 7.61. The highest BCUT2D eigenvalue weighted by molar-refractivity contribution is 6.36. The average Bonchev–Trinajstić information content (AvgIpc) is 2.61. The molecular weight excluding hydrogens is 253 g/mol. The Hall–Kier alpha value is -1.59. The fourth-order valence-corrected chi connectivity index (χ4v) is 1.70. The quantitative estimate of drug-likeness (QED) is 0.867. The van der Waals surface area contributed by atoms with Gasteiger partial charge >= 0.3 is 5.97 Å². The van der Waals surface area contributed by atoms with E-state index in [-0.39, 0.29) is 16.4 Å². The summed E-state index contributed by atoms with van der Waals surface area (Å²) >= 11 is 11.7. The van der Waals surface area contributed by atoms with Crippen molar-refractivity contribution in [1.29, 1.82) is 0 Å². The second-order valence-corrected chi connectivity index (χ2v) is 3.69. The van der Waals surface area contributed by atoms with E-state index in [2.05, 4.69) is 15.2 Å². The number of carboxylic acid groups (broad SMARTS) is 1. The molecule has 2 aromatic rings. The molecule has 0 spiro atoms. The normalized spacial score (nSPS) is 10.4. The molecule has 0 aliphatic carbocycles. The molecule has 5 nitrogen and oxygen atoms in total. The van der Waals surface area contributed by atoms with Crippen molar-refractivity contribution in [3.05, 3.63) is 34.2 Å². The van der Waals surface area contributed by atoms with E-state index in [1.807, 2.05) is 0 Å². The molecule has 82 valence electrons. The predicted octanol–water partition coefficient (Wildman–Crippen LogP) is 2.48. The summed E-state index contributed by atoms with van der Waals surface area (Å²) in [5.74, 6) is -1.19. The Balaban J connectivity index is 2.68. The standard InChI is InChI=1S/C9H5Cl2N3O2/c10-4-2-1-3-12-6(4)5-7(9(15)16)13-14-8(5)11/h1-3H,(H,13,14)(H,15,16). The largest absolute Gasteiger partial charge is 0.476 e. The number of nitrogens with zero attached hydrogens (tertiary/aromatic N) is 2. The van der Waals surface area contributed by atoms with Crippen LogP contribution in [0.15, 0.2) is 18.3 Å². The van der Waals surface area contributed by atoms with Gasteiger partial charge in [-0.3, -0.25) is 10.1 Å². The van der Waals surface area contributed by atoms with Gasteiger partial charge in [0.2, 0.25) is 0 Å². The number of aromatic carboxylic acids is 1. The molecule has 0 fully saturated rings. The van der Waals surface area contributed by atoms with Crippen molar-refractivity contribution in [3.63, 3.8) is 0 Å². The molecule has 2 heterocycles. The minimum Gasteiger partial charge on any atom is -0.476 e. The van der Waals surface area contributed by atoms with E-state index >= 15 is 0 Å². The van der Waals surface area contributed by atoms with Crippen LogP contribution in [0.5, 0.6) is 0 Å². The van der Waals surface area contributed by atoms with Crippen LogP contribution < -0.4 is 0 Å². The summed E-state index contributed by atoms with van der Waals surface area (Å²) in [5.41, 5.74) is 0.283. The maximum Gasteiger partial charge on any atom is 0.357 e. The molecule has 0 radical (unpaired) electrons. The molecule has 0 unspecified atom stereocenters. The molecule has 16 heavy (non-hydrogen) atoms. The van der Waals surface area contributed by atoms with Crippen LogP contribution in [0, 0.1) is 0 Å². The number of aromatic amines is 1. The van der Waals surface area contributed by atoms with Crippen molar-refractivity contribution in [1.82, 2.24) is 15.2 Å². The summed E-state index contributed by atoms with van der Waals surface area (Å²) in [5, 5.41) is 15.3. The van der Waals surface area contributed by atoms with Gasteiger partial charge in [-0.15, -0.1) is 0 Å². The topological polar surface area (TPSA) is 78.9 Å². The number of rotatable bonds is 2. The fraction of sp³-hybridized carbons (Fsp3) is 0. The van der Waals surface area contributed by atoms with Crippen LogP contribution >= 0.6 is 23.2 Å². The molecule has 2 aromatic heterocycles. The van der Waals surface area contributed by atoms with E-state index in [9.17, 15) is 4.79 Å². The Morgan fingerprint density at radius 1 is 1.44 bits per heavy atom. The molecule has 0 bridgehead atoms. The van der Waals surface area contributed by atoms with Gasteiger partial charge in [0, 0.05) is 6.20 Å². The van der Waals surface area contributed by atoms with Crippen LogP contribution in [0.3, 0.4) is 0 Å². The van der Waals surface area contributed by atoms with Crippen LogP contribution in [0.4, 0.5) is 0 Å². The van der Waals surface area contributed by atoms with Crippen molar-refractivity contribution in [2.75, 3.05) is 0 Å². The number of aromatic nitrogens is 3. The monoisotopic (exact) mass is 257 g/mol. The molecule has 0 saturated heterocycles. The third-order valence-electron chi connectivity index (χ3n) is 1.92. The lowest BCUT2D eigenvalue weighted by Crippen LogP contribution is -2.00. The van der Waals surface area contributed by atoms with Gasteiger partial charge in [0.15, 0.2) is 5.69 Å². The molecule has 0 atom stereocenters. The zero-order chi connectivity index (χ0) is 11.7. The highest BCUT2D eigenvalue weighted by Gasteiger charge is 2.22. The maximum atomic E-state index is 10.9.